The summed E-state index contributed by atoms with van der Waals surface area (Å²) in [6, 6.07) is 10.3. The number of alkyl halides is 3. The van der Waals surface area contributed by atoms with Crippen molar-refractivity contribution in [1.29, 1.82) is 0 Å². The maximum absolute atomic E-state index is 13.3. The van der Waals surface area contributed by atoms with Gasteiger partial charge < -0.3 is 19.7 Å². The molecule has 1 N–H and O–H groups in total. The number of ether oxygens (including phenoxy) is 2. The lowest BCUT2D eigenvalue weighted by atomic mass is 10.00. The molecule has 6 nitrogen and oxygen atoms in total. The molecule has 2 saturated heterocycles. The maximum atomic E-state index is 13.3. The third kappa shape index (κ3) is 4.35. The second-order valence-corrected chi connectivity index (χ2v) is 8.66. The van der Waals surface area contributed by atoms with E-state index in [2.05, 4.69) is 32.5 Å². The second kappa shape index (κ2) is 8.46. The summed E-state index contributed by atoms with van der Waals surface area (Å²) >= 11 is 0. The molecule has 1 unspecified atom stereocenters. The van der Waals surface area contributed by atoms with E-state index < -0.39 is 11.7 Å². The summed E-state index contributed by atoms with van der Waals surface area (Å²) in [6.45, 7) is 5.19. The fourth-order valence-corrected chi connectivity index (χ4v) is 4.65. The van der Waals surface area contributed by atoms with Gasteiger partial charge in [0.15, 0.2) is 5.82 Å². The summed E-state index contributed by atoms with van der Waals surface area (Å²) in [6.07, 6.45) is -1.81. The molecule has 0 radical (unpaired) electrons. The predicted octanol–water partition coefficient (Wildman–Crippen LogP) is 4.56. The van der Waals surface area contributed by atoms with Gasteiger partial charge >= 0.3 is 6.18 Å². The van der Waals surface area contributed by atoms with Crippen molar-refractivity contribution in [3.05, 3.63) is 59.3 Å². The van der Waals surface area contributed by atoms with Crippen LogP contribution in [-0.4, -0.2) is 48.7 Å². The number of fused-ring (bicyclic) bond motifs is 1. The fourth-order valence-electron chi connectivity index (χ4n) is 4.65. The van der Waals surface area contributed by atoms with E-state index in [9.17, 15) is 13.2 Å². The molecule has 2 aliphatic heterocycles. The van der Waals surface area contributed by atoms with Crippen LogP contribution in [0.25, 0.3) is 10.8 Å². The van der Waals surface area contributed by atoms with E-state index in [1.54, 1.807) is 12.3 Å². The monoisotopic (exact) mass is 458 g/mol. The highest BCUT2D eigenvalue weighted by Gasteiger charge is 2.40. The maximum Gasteiger partial charge on any atom is 0.416 e. The number of anilines is 2. The van der Waals surface area contributed by atoms with E-state index in [0.29, 0.717) is 31.2 Å². The Bertz CT molecular complexity index is 1160. The quantitative estimate of drug-likeness (QED) is 0.619. The van der Waals surface area contributed by atoms with Gasteiger partial charge in [0.05, 0.1) is 25.0 Å². The highest BCUT2D eigenvalue weighted by Crippen LogP contribution is 2.34. The summed E-state index contributed by atoms with van der Waals surface area (Å²) in [4.78, 5) is 2.29. The zero-order chi connectivity index (χ0) is 23.1. The van der Waals surface area contributed by atoms with E-state index >= 15 is 0 Å². The number of nitrogens with one attached hydrogen (secondary N) is 1. The van der Waals surface area contributed by atoms with Gasteiger partial charge in [-0.15, -0.1) is 5.10 Å². The van der Waals surface area contributed by atoms with E-state index in [0.717, 1.165) is 42.0 Å². The lowest BCUT2D eigenvalue weighted by molar-refractivity contribution is -0.138. The summed E-state index contributed by atoms with van der Waals surface area (Å²) in [5, 5.41) is 13.3. The van der Waals surface area contributed by atoms with Crippen molar-refractivity contribution >= 4 is 22.3 Å². The molecule has 0 bridgehead atoms. The van der Waals surface area contributed by atoms with Crippen LogP contribution in [0.2, 0.25) is 0 Å². The van der Waals surface area contributed by atoms with Gasteiger partial charge in [-0.3, -0.25) is 0 Å². The van der Waals surface area contributed by atoms with Gasteiger partial charge in [0.1, 0.15) is 5.60 Å². The first-order chi connectivity index (χ1) is 15.8. The largest absolute Gasteiger partial charge is 0.416 e. The molecule has 1 aromatic heterocycles. The Morgan fingerprint density at radius 2 is 2.06 bits per heavy atom. The SMILES string of the molecule is Cc1c(CNc2nncc3ccc(N4CCOC5(CCOC5)C4)cc23)cccc1C(F)(F)F. The van der Waals surface area contributed by atoms with Crippen molar-refractivity contribution in [1.82, 2.24) is 10.2 Å². The van der Waals surface area contributed by atoms with E-state index in [1.807, 2.05) is 6.07 Å². The first kappa shape index (κ1) is 21.9. The van der Waals surface area contributed by atoms with Gasteiger partial charge in [-0.1, -0.05) is 18.2 Å². The van der Waals surface area contributed by atoms with Crippen molar-refractivity contribution in [2.75, 3.05) is 43.1 Å². The first-order valence-corrected chi connectivity index (χ1v) is 11.0. The third-order valence-electron chi connectivity index (χ3n) is 6.52. The number of hydrogen-bond donors (Lipinski definition) is 1. The Kier molecular flexibility index (Phi) is 5.62. The second-order valence-electron chi connectivity index (χ2n) is 8.66. The van der Waals surface area contributed by atoms with Gasteiger partial charge in [-0.2, -0.15) is 18.3 Å². The number of nitrogens with zero attached hydrogens (tertiary/aromatic N) is 3. The minimum atomic E-state index is -4.38. The third-order valence-corrected chi connectivity index (χ3v) is 6.52. The molecule has 2 fully saturated rings. The van der Waals surface area contributed by atoms with Gasteiger partial charge in [0.2, 0.25) is 0 Å². The van der Waals surface area contributed by atoms with E-state index in [1.165, 1.54) is 13.0 Å². The number of benzene rings is 2. The Morgan fingerprint density at radius 3 is 2.85 bits per heavy atom. The van der Waals surface area contributed by atoms with Gasteiger partial charge in [0.25, 0.3) is 0 Å². The Morgan fingerprint density at radius 1 is 1.18 bits per heavy atom. The summed E-state index contributed by atoms with van der Waals surface area (Å²) in [5.41, 5.74) is 0.944. The van der Waals surface area contributed by atoms with Gasteiger partial charge in [0, 0.05) is 49.1 Å². The molecule has 1 spiro atoms. The van der Waals surface area contributed by atoms with Crippen LogP contribution >= 0.6 is 0 Å². The van der Waals surface area contributed by atoms with Crippen LogP contribution in [0.1, 0.15) is 23.1 Å². The van der Waals surface area contributed by atoms with Crippen molar-refractivity contribution in [3.8, 4) is 0 Å². The topological polar surface area (TPSA) is 59.5 Å². The van der Waals surface area contributed by atoms with Crippen LogP contribution in [0.4, 0.5) is 24.7 Å². The first-order valence-electron chi connectivity index (χ1n) is 11.0. The zero-order valence-corrected chi connectivity index (χ0v) is 18.3. The average molecular weight is 458 g/mol. The lowest BCUT2D eigenvalue weighted by Gasteiger charge is -2.40. The number of aromatic nitrogens is 2. The minimum Gasteiger partial charge on any atom is -0.378 e. The normalized spacial score (nSPS) is 21.2. The zero-order valence-electron chi connectivity index (χ0n) is 18.3. The van der Waals surface area contributed by atoms with Gasteiger partial charge in [-0.25, -0.2) is 0 Å². The molecular weight excluding hydrogens is 433 g/mol. The fraction of sp³-hybridized carbons (Fsp3) is 0.417. The van der Waals surface area contributed by atoms with Crippen LogP contribution in [0.5, 0.6) is 0 Å². The van der Waals surface area contributed by atoms with Crippen LogP contribution < -0.4 is 10.2 Å². The number of rotatable bonds is 4. The van der Waals surface area contributed by atoms with Crippen molar-refractivity contribution in [2.24, 2.45) is 0 Å². The molecule has 1 atom stereocenters. The van der Waals surface area contributed by atoms with Crippen molar-refractivity contribution < 1.29 is 22.6 Å². The molecule has 0 amide bonds. The molecule has 174 valence electrons. The van der Waals surface area contributed by atoms with E-state index in [4.69, 9.17) is 9.47 Å². The molecule has 2 aromatic carbocycles. The average Bonchev–Trinajstić information content (AvgIpc) is 3.24. The number of halogens is 3. The molecule has 3 aromatic rings. The molecule has 0 saturated carbocycles. The Labute approximate surface area is 189 Å². The summed E-state index contributed by atoms with van der Waals surface area (Å²) in [7, 11) is 0. The molecule has 0 aliphatic carbocycles. The van der Waals surface area contributed by atoms with Crippen molar-refractivity contribution in [3.63, 3.8) is 0 Å². The van der Waals surface area contributed by atoms with Crippen LogP contribution in [-0.2, 0) is 22.2 Å². The molecule has 5 rings (SSSR count). The smallest absolute Gasteiger partial charge is 0.378 e. The van der Waals surface area contributed by atoms with E-state index in [-0.39, 0.29) is 17.7 Å². The van der Waals surface area contributed by atoms with Crippen LogP contribution in [0.3, 0.4) is 0 Å². The summed E-state index contributed by atoms with van der Waals surface area (Å²) in [5.74, 6) is 0.540. The molecule has 33 heavy (non-hydrogen) atoms. The number of morpholine rings is 1. The lowest BCUT2D eigenvalue weighted by Crippen LogP contribution is -2.52. The van der Waals surface area contributed by atoms with Crippen molar-refractivity contribution in [2.45, 2.75) is 31.7 Å². The molecule has 2 aliphatic rings. The molecular formula is C24H25F3N4O2. The number of hydrogen-bond acceptors (Lipinski definition) is 6. The highest BCUT2D eigenvalue weighted by molar-refractivity contribution is 5.93. The Balaban J connectivity index is 1.41. The Hall–Kier alpha value is -2.91. The predicted molar refractivity (Wildman–Crippen MR) is 119 cm³/mol. The standard InChI is InChI=1S/C24H25F3N4O2/c1-16-17(3-2-4-21(16)24(25,26)27)12-28-22-20-11-19(6-5-18(20)13-29-30-22)31-8-10-33-23(14-31)7-9-32-15-23/h2-6,11,13H,7-10,12,14-15H2,1H3,(H,28,30). The molecule has 3 heterocycles. The summed E-state index contributed by atoms with van der Waals surface area (Å²) < 4.78 is 51.4. The van der Waals surface area contributed by atoms with Gasteiger partial charge in [-0.05, 0) is 36.2 Å². The molecule has 9 heteroatoms. The minimum absolute atomic E-state index is 0.212. The highest BCUT2D eigenvalue weighted by atomic mass is 19.4. The van der Waals surface area contributed by atoms with Crippen LogP contribution in [0, 0.1) is 6.92 Å². The van der Waals surface area contributed by atoms with Crippen LogP contribution in [0.15, 0.2) is 42.6 Å².